The first-order chi connectivity index (χ1) is 11.7. The number of hydrogen-bond acceptors (Lipinski definition) is 4. The van der Waals surface area contributed by atoms with Crippen molar-refractivity contribution in [2.24, 2.45) is 0 Å². The van der Waals surface area contributed by atoms with Crippen molar-refractivity contribution in [1.82, 2.24) is 5.32 Å². The van der Waals surface area contributed by atoms with E-state index in [4.69, 9.17) is 9.47 Å². The largest absolute Gasteiger partial charge is 0.454 e. The Bertz CT molecular complexity index is 773. The van der Waals surface area contributed by atoms with Gasteiger partial charge in [-0.15, -0.1) is 0 Å². The van der Waals surface area contributed by atoms with Crippen LogP contribution in [0.4, 0.5) is 5.69 Å². The summed E-state index contributed by atoms with van der Waals surface area (Å²) in [6, 6.07) is 12.5. The first-order valence-electron chi connectivity index (χ1n) is 7.67. The van der Waals surface area contributed by atoms with Crippen molar-refractivity contribution in [3.63, 3.8) is 0 Å². The normalized spacial score (nSPS) is 11.9. The van der Waals surface area contributed by atoms with Crippen molar-refractivity contribution in [1.29, 1.82) is 0 Å². The highest BCUT2D eigenvalue weighted by Crippen LogP contribution is 2.32. The molecule has 6 heteroatoms. The average molecular weight is 326 g/mol. The van der Waals surface area contributed by atoms with Gasteiger partial charge in [0.15, 0.2) is 11.5 Å². The van der Waals surface area contributed by atoms with Crippen molar-refractivity contribution in [3.8, 4) is 11.5 Å². The molecule has 0 saturated heterocycles. The summed E-state index contributed by atoms with van der Waals surface area (Å²) in [4.78, 5) is 23.9. The number of ether oxygens (including phenoxy) is 2. The Labute approximate surface area is 139 Å². The first kappa shape index (κ1) is 15.9. The van der Waals surface area contributed by atoms with Crippen LogP contribution in [0.1, 0.15) is 22.3 Å². The third kappa shape index (κ3) is 3.48. The molecule has 2 aromatic rings. The van der Waals surface area contributed by atoms with Crippen molar-refractivity contribution in [2.75, 3.05) is 19.2 Å². The number of rotatable bonds is 5. The van der Waals surface area contributed by atoms with Gasteiger partial charge < -0.3 is 20.1 Å². The molecule has 0 fully saturated rings. The number of aryl methyl sites for hydroxylation is 1. The van der Waals surface area contributed by atoms with Crippen LogP contribution in [0.15, 0.2) is 42.5 Å². The second-order valence-electron chi connectivity index (χ2n) is 5.35. The van der Waals surface area contributed by atoms with Gasteiger partial charge in [-0.3, -0.25) is 9.59 Å². The third-order valence-electron chi connectivity index (χ3n) is 3.80. The number of carbonyl (C=O) groups is 2. The van der Waals surface area contributed by atoms with Crippen LogP contribution >= 0.6 is 0 Å². The van der Waals surface area contributed by atoms with Crippen molar-refractivity contribution < 1.29 is 19.1 Å². The van der Waals surface area contributed by atoms with E-state index in [1.54, 1.807) is 25.2 Å². The summed E-state index contributed by atoms with van der Waals surface area (Å²) in [5.41, 5.74) is 2.10. The predicted molar refractivity (Wildman–Crippen MR) is 89.3 cm³/mol. The zero-order valence-electron chi connectivity index (χ0n) is 13.3. The second-order valence-corrected chi connectivity index (χ2v) is 5.35. The number of hydrogen-bond donors (Lipinski definition) is 2. The van der Waals surface area contributed by atoms with Crippen LogP contribution in [0.3, 0.4) is 0 Å². The highest BCUT2D eigenvalue weighted by Gasteiger charge is 2.17. The fourth-order valence-corrected chi connectivity index (χ4v) is 2.47. The zero-order valence-corrected chi connectivity index (χ0v) is 13.3. The lowest BCUT2D eigenvalue weighted by molar-refractivity contribution is -0.120. The summed E-state index contributed by atoms with van der Waals surface area (Å²) >= 11 is 0. The molecule has 0 bridgehead atoms. The third-order valence-corrected chi connectivity index (χ3v) is 3.80. The fourth-order valence-electron chi connectivity index (χ4n) is 2.47. The van der Waals surface area contributed by atoms with Gasteiger partial charge in [-0.1, -0.05) is 18.2 Å². The van der Waals surface area contributed by atoms with Gasteiger partial charge in [0, 0.05) is 24.7 Å². The minimum atomic E-state index is -0.235. The van der Waals surface area contributed by atoms with E-state index in [0.29, 0.717) is 35.6 Å². The molecule has 2 aromatic carbocycles. The highest BCUT2D eigenvalue weighted by atomic mass is 16.7. The van der Waals surface area contributed by atoms with E-state index in [1.165, 1.54) is 0 Å². The minimum Gasteiger partial charge on any atom is -0.454 e. The number of para-hydroxylation sites is 1. The lowest BCUT2D eigenvalue weighted by atomic mass is 10.1. The quantitative estimate of drug-likeness (QED) is 0.884. The Kier molecular flexibility index (Phi) is 4.65. The molecular weight excluding hydrogens is 308 g/mol. The molecule has 0 aromatic heterocycles. The molecule has 124 valence electrons. The van der Waals surface area contributed by atoms with Crippen LogP contribution in [0, 0.1) is 0 Å². The number of benzene rings is 2. The van der Waals surface area contributed by atoms with Gasteiger partial charge in [0.1, 0.15) is 0 Å². The number of fused-ring (bicyclic) bond motifs is 1. The van der Waals surface area contributed by atoms with Crippen LogP contribution < -0.4 is 20.1 Å². The molecule has 2 amide bonds. The standard InChI is InChI=1S/C18H18N2O4/c1-19-17(21)9-7-12-4-2-3-5-14(12)20-18(22)13-6-8-15-16(10-13)24-11-23-15/h2-6,8,10H,7,9,11H2,1H3,(H,19,21)(H,20,22). The molecule has 6 nitrogen and oxygen atoms in total. The van der Waals surface area contributed by atoms with Gasteiger partial charge in [0.05, 0.1) is 0 Å². The molecule has 1 heterocycles. The molecule has 24 heavy (non-hydrogen) atoms. The van der Waals surface area contributed by atoms with E-state index in [1.807, 2.05) is 24.3 Å². The molecule has 2 N–H and O–H groups in total. The molecule has 1 aliphatic rings. The van der Waals surface area contributed by atoms with E-state index >= 15 is 0 Å². The Morgan fingerprint density at radius 2 is 1.88 bits per heavy atom. The van der Waals surface area contributed by atoms with Gasteiger partial charge in [-0.2, -0.15) is 0 Å². The van der Waals surface area contributed by atoms with Gasteiger partial charge in [0.2, 0.25) is 12.7 Å². The maximum atomic E-state index is 12.5. The first-order valence-corrected chi connectivity index (χ1v) is 7.67. The Morgan fingerprint density at radius 1 is 1.08 bits per heavy atom. The van der Waals surface area contributed by atoms with Gasteiger partial charge in [-0.05, 0) is 36.2 Å². The summed E-state index contributed by atoms with van der Waals surface area (Å²) in [5, 5.41) is 5.49. The minimum absolute atomic E-state index is 0.0353. The summed E-state index contributed by atoms with van der Waals surface area (Å²) < 4.78 is 10.5. The van der Waals surface area contributed by atoms with Crippen LogP contribution in [0.5, 0.6) is 11.5 Å². The van der Waals surface area contributed by atoms with Crippen LogP contribution in [-0.4, -0.2) is 25.7 Å². The van der Waals surface area contributed by atoms with E-state index in [0.717, 1.165) is 5.56 Å². The monoisotopic (exact) mass is 326 g/mol. The molecule has 0 atom stereocenters. The van der Waals surface area contributed by atoms with E-state index < -0.39 is 0 Å². The van der Waals surface area contributed by atoms with Gasteiger partial charge in [-0.25, -0.2) is 0 Å². The number of nitrogens with one attached hydrogen (secondary N) is 2. The molecule has 0 aliphatic carbocycles. The van der Waals surface area contributed by atoms with Crippen LogP contribution in [0.25, 0.3) is 0 Å². The molecule has 0 saturated carbocycles. The molecule has 1 aliphatic heterocycles. The van der Waals surface area contributed by atoms with Crippen molar-refractivity contribution in [3.05, 3.63) is 53.6 Å². The van der Waals surface area contributed by atoms with Crippen LogP contribution in [-0.2, 0) is 11.2 Å². The van der Waals surface area contributed by atoms with Gasteiger partial charge in [0.25, 0.3) is 5.91 Å². The summed E-state index contributed by atoms with van der Waals surface area (Å²) in [6.45, 7) is 0.169. The topological polar surface area (TPSA) is 76.7 Å². The Hall–Kier alpha value is -3.02. The zero-order chi connectivity index (χ0) is 16.9. The maximum Gasteiger partial charge on any atom is 0.255 e. The van der Waals surface area contributed by atoms with Crippen molar-refractivity contribution in [2.45, 2.75) is 12.8 Å². The lowest BCUT2D eigenvalue weighted by Crippen LogP contribution is -2.18. The average Bonchev–Trinajstić information content (AvgIpc) is 3.08. The van der Waals surface area contributed by atoms with E-state index in [2.05, 4.69) is 10.6 Å². The molecule has 0 radical (unpaired) electrons. The molecule has 0 spiro atoms. The maximum absolute atomic E-state index is 12.5. The molecule has 3 rings (SSSR count). The number of anilines is 1. The fraction of sp³-hybridized carbons (Fsp3) is 0.222. The van der Waals surface area contributed by atoms with Gasteiger partial charge >= 0.3 is 0 Å². The van der Waals surface area contributed by atoms with E-state index in [9.17, 15) is 9.59 Å². The lowest BCUT2D eigenvalue weighted by Gasteiger charge is -2.11. The van der Waals surface area contributed by atoms with E-state index in [-0.39, 0.29) is 18.6 Å². The molecular formula is C18H18N2O4. The summed E-state index contributed by atoms with van der Waals surface area (Å²) in [5.74, 6) is 0.931. The Balaban J connectivity index is 1.73. The predicted octanol–water partition coefficient (Wildman–Crippen LogP) is 2.35. The second kappa shape index (κ2) is 7.04. The number of amides is 2. The highest BCUT2D eigenvalue weighted by molar-refractivity contribution is 6.05. The summed E-state index contributed by atoms with van der Waals surface area (Å²) in [7, 11) is 1.61. The van der Waals surface area contributed by atoms with Crippen molar-refractivity contribution >= 4 is 17.5 Å². The SMILES string of the molecule is CNC(=O)CCc1ccccc1NC(=O)c1ccc2c(c1)OCO2. The number of carbonyl (C=O) groups excluding carboxylic acids is 2. The smallest absolute Gasteiger partial charge is 0.255 e. The Morgan fingerprint density at radius 3 is 2.71 bits per heavy atom. The molecule has 0 unspecified atom stereocenters. The van der Waals surface area contributed by atoms with Crippen LogP contribution in [0.2, 0.25) is 0 Å². The summed E-state index contributed by atoms with van der Waals surface area (Å²) in [6.07, 6.45) is 0.921.